The highest BCUT2D eigenvalue weighted by Crippen LogP contribution is 2.22. The van der Waals surface area contributed by atoms with E-state index >= 15 is 0 Å². The van der Waals surface area contributed by atoms with Crippen LogP contribution in [0.4, 0.5) is 14.5 Å². The molecule has 0 atom stereocenters. The topological polar surface area (TPSA) is 35.2 Å². The first kappa shape index (κ1) is 12.8. The van der Waals surface area contributed by atoms with Gasteiger partial charge in [-0.3, -0.25) is 0 Å². The summed E-state index contributed by atoms with van der Waals surface area (Å²) in [5.41, 5.74) is 7.12. The van der Waals surface area contributed by atoms with Crippen molar-refractivity contribution in [3.63, 3.8) is 0 Å². The molecule has 0 aliphatic heterocycles. The predicted molar refractivity (Wildman–Crippen MR) is 69.2 cm³/mol. The average molecular weight is 314 g/mol. The summed E-state index contributed by atoms with van der Waals surface area (Å²) >= 11 is 3.28. The number of rotatable bonds is 3. The van der Waals surface area contributed by atoms with Crippen molar-refractivity contribution in [2.75, 3.05) is 5.73 Å². The van der Waals surface area contributed by atoms with E-state index in [1.165, 1.54) is 0 Å². The predicted octanol–water partition coefficient (Wildman–Crippen LogP) is 3.89. The molecule has 5 heteroatoms. The Balaban J connectivity index is 2.08. The first-order valence-corrected chi connectivity index (χ1v) is 5.97. The van der Waals surface area contributed by atoms with Crippen molar-refractivity contribution in [2.45, 2.75) is 6.61 Å². The molecule has 0 aliphatic rings. The van der Waals surface area contributed by atoms with Gasteiger partial charge in [0, 0.05) is 28.4 Å². The zero-order chi connectivity index (χ0) is 13.1. The van der Waals surface area contributed by atoms with Crippen molar-refractivity contribution < 1.29 is 13.5 Å². The second-order valence-corrected chi connectivity index (χ2v) is 4.60. The molecule has 0 radical (unpaired) electrons. The van der Waals surface area contributed by atoms with Crippen LogP contribution < -0.4 is 10.5 Å². The largest absolute Gasteiger partial charge is 0.489 e. The van der Waals surface area contributed by atoms with Gasteiger partial charge in [0.25, 0.3) is 0 Å². The van der Waals surface area contributed by atoms with Gasteiger partial charge in [-0.2, -0.15) is 0 Å². The first-order chi connectivity index (χ1) is 8.54. The summed E-state index contributed by atoms with van der Waals surface area (Å²) in [6.07, 6.45) is 0. The van der Waals surface area contributed by atoms with Gasteiger partial charge in [-0.25, -0.2) is 8.78 Å². The minimum Gasteiger partial charge on any atom is -0.489 e. The van der Waals surface area contributed by atoms with E-state index in [0.717, 1.165) is 28.2 Å². The normalized spacial score (nSPS) is 10.4. The van der Waals surface area contributed by atoms with Crippen LogP contribution in [0, 0.1) is 11.6 Å². The van der Waals surface area contributed by atoms with E-state index < -0.39 is 11.6 Å². The number of nitrogens with two attached hydrogens (primary N) is 1. The lowest BCUT2D eigenvalue weighted by Gasteiger charge is -2.08. The van der Waals surface area contributed by atoms with Gasteiger partial charge >= 0.3 is 0 Å². The quantitative estimate of drug-likeness (QED) is 0.873. The van der Waals surface area contributed by atoms with Crippen LogP contribution in [0.1, 0.15) is 5.56 Å². The van der Waals surface area contributed by atoms with Gasteiger partial charge in [0.1, 0.15) is 24.0 Å². The van der Waals surface area contributed by atoms with Crippen LogP contribution in [0.5, 0.6) is 5.75 Å². The molecule has 0 saturated heterocycles. The van der Waals surface area contributed by atoms with Crippen LogP contribution in [-0.2, 0) is 6.61 Å². The van der Waals surface area contributed by atoms with Crippen molar-refractivity contribution in [2.24, 2.45) is 0 Å². The number of halogens is 3. The molecule has 18 heavy (non-hydrogen) atoms. The van der Waals surface area contributed by atoms with Crippen LogP contribution in [-0.4, -0.2) is 0 Å². The summed E-state index contributed by atoms with van der Waals surface area (Å²) in [4.78, 5) is 0. The molecule has 0 aliphatic carbocycles. The third-order valence-electron chi connectivity index (χ3n) is 2.30. The van der Waals surface area contributed by atoms with Crippen molar-refractivity contribution >= 4 is 21.6 Å². The average Bonchev–Trinajstić information content (AvgIpc) is 2.29. The smallest absolute Gasteiger partial charge is 0.129 e. The molecule has 2 rings (SSSR count). The van der Waals surface area contributed by atoms with Crippen LogP contribution in [0.3, 0.4) is 0 Å². The second-order valence-electron chi connectivity index (χ2n) is 3.75. The molecule has 0 bridgehead atoms. The van der Waals surface area contributed by atoms with E-state index in [1.54, 1.807) is 12.1 Å². The summed E-state index contributed by atoms with van der Waals surface area (Å²) in [6, 6.07) is 8.40. The maximum atomic E-state index is 12.9. The van der Waals surface area contributed by atoms with Crippen LogP contribution in [0.15, 0.2) is 40.9 Å². The Bertz CT molecular complexity index is 555. The van der Waals surface area contributed by atoms with E-state index in [4.69, 9.17) is 10.5 Å². The lowest BCUT2D eigenvalue weighted by atomic mass is 10.2. The molecule has 0 aromatic heterocycles. The highest BCUT2D eigenvalue weighted by molar-refractivity contribution is 9.10. The highest BCUT2D eigenvalue weighted by atomic mass is 79.9. The molecule has 2 nitrogen and oxygen atoms in total. The first-order valence-electron chi connectivity index (χ1n) is 5.17. The summed E-state index contributed by atoms with van der Waals surface area (Å²) in [7, 11) is 0. The minimum absolute atomic E-state index is 0.147. The van der Waals surface area contributed by atoms with Gasteiger partial charge in [0.15, 0.2) is 0 Å². The zero-order valence-corrected chi connectivity index (χ0v) is 10.9. The van der Waals surface area contributed by atoms with Gasteiger partial charge in [-0.1, -0.05) is 6.07 Å². The molecule has 0 heterocycles. The molecule has 2 aromatic rings. The van der Waals surface area contributed by atoms with Crippen LogP contribution >= 0.6 is 15.9 Å². The number of hydrogen-bond donors (Lipinski definition) is 1. The lowest BCUT2D eigenvalue weighted by Crippen LogP contribution is -1.98. The third kappa shape index (κ3) is 3.20. The Kier molecular flexibility index (Phi) is 3.81. The van der Waals surface area contributed by atoms with Gasteiger partial charge in [0.2, 0.25) is 0 Å². The molecular weight excluding hydrogens is 304 g/mol. The van der Waals surface area contributed by atoms with Gasteiger partial charge in [0.05, 0.1) is 0 Å². The van der Waals surface area contributed by atoms with Crippen molar-refractivity contribution in [1.29, 1.82) is 0 Å². The summed E-state index contributed by atoms with van der Waals surface area (Å²) in [6.45, 7) is 0.195. The maximum Gasteiger partial charge on any atom is 0.129 e. The molecule has 0 spiro atoms. The molecule has 94 valence electrons. The molecule has 2 aromatic carbocycles. The summed E-state index contributed by atoms with van der Waals surface area (Å²) in [5.74, 6) is -1.19. The van der Waals surface area contributed by atoms with Crippen molar-refractivity contribution in [1.82, 2.24) is 0 Å². The lowest BCUT2D eigenvalue weighted by molar-refractivity contribution is 0.302. The monoisotopic (exact) mass is 313 g/mol. The van der Waals surface area contributed by atoms with E-state index in [1.807, 2.05) is 6.07 Å². The fraction of sp³-hybridized carbons (Fsp3) is 0.0769. The van der Waals surface area contributed by atoms with Crippen LogP contribution in [0.2, 0.25) is 0 Å². The Morgan fingerprint density at radius 2 is 1.72 bits per heavy atom. The van der Waals surface area contributed by atoms with E-state index in [2.05, 4.69) is 15.9 Å². The summed E-state index contributed by atoms with van der Waals surface area (Å²) in [5, 5.41) is 0. The van der Waals surface area contributed by atoms with E-state index in [9.17, 15) is 8.78 Å². The van der Waals surface area contributed by atoms with Crippen molar-refractivity contribution in [3.8, 4) is 5.75 Å². The molecular formula is C13H10BrF2NO. The van der Waals surface area contributed by atoms with E-state index in [0.29, 0.717) is 5.69 Å². The fourth-order valence-corrected chi connectivity index (χ4v) is 1.71. The van der Waals surface area contributed by atoms with Gasteiger partial charge in [-0.05, 0) is 33.6 Å². The molecule has 0 fully saturated rings. The van der Waals surface area contributed by atoms with E-state index in [-0.39, 0.29) is 12.4 Å². The van der Waals surface area contributed by atoms with Gasteiger partial charge in [-0.15, -0.1) is 0 Å². The Labute approximate surface area is 112 Å². The SMILES string of the molecule is Nc1cc(COc2cc(F)cc(F)c2)ccc1Br. The highest BCUT2D eigenvalue weighted by Gasteiger charge is 2.03. The Morgan fingerprint density at radius 1 is 1.06 bits per heavy atom. The number of anilines is 1. The number of benzene rings is 2. The molecule has 0 unspecified atom stereocenters. The molecule has 0 saturated carbocycles. The van der Waals surface area contributed by atoms with Gasteiger partial charge < -0.3 is 10.5 Å². The standard InChI is InChI=1S/C13H10BrF2NO/c14-12-2-1-8(3-13(12)17)7-18-11-5-9(15)4-10(16)6-11/h1-6H,7,17H2. The minimum atomic E-state index is -0.666. The third-order valence-corrected chi connectivity index (χ3v) is 3.02. The molecule has 2 N–H and O–H groups in total. The maximum absolute atomic E-state index is 12.9. The number of ether oxygens (including phenoxy) is 1. The second kappa shape index (κ2) is 5.35. The molecule has 0 amide bonds. The van der Waals surface area contributed by atoms with Crippen molar-refractivity contribution in [3.05, 3.63) is 58.1 Å². The Morgan fingerprint density at radius 3 is 2.33 bits per heavy atom. The Hall–Kier alpha value is -1.62. The van der Waals surface area contributed by atoms with Crippen LogP contribution in [0.25, 0.3) is 0 Å². The fourth-order valence-electron chi connectivity index (χ4n) is 1.46. The zero-order valence-electron chi connectivity index (χ0n) is 9.29. The number of nitrogen functional groups attached to an aromatic ring is 1. The summed E-state index contributed by atoms with van der Waals surface area (Å²) < 4.78 is 31.9. The number of hydrogen-bond acceptors (Lipinski definition) is 2.